The van der Waals surface area contributed by atoms with Gasteiger partial charge in [-0.05, 0) is 43.5 Å². The molecular formula is C17H27FN4O2. The summed E-state index contributed by atoms with van der Waals surface area (Å²) in [5.74, 6) is -0.511. The molecule has 0 heterocycles. The number of hydrogen-bond acceptors (Lipinski definition) is 3. The molecule has 5 N–H and O–H groups in total. The van der Waals surface area contributed by atoms with Crippen LogP contribution in [0.1, 0.15) is 38.2 Å². The molecule has 3 amide bonds. The maximum atomic E-state index is 12.8. The number of benzene rings is 1. The third-order valence-electron chi connectivity index (χ3n) is 3.50. The van der Waals surface area contributed by atoms with Crippen molar-refractivity contribution >= 4 is 11.9 Å². The van der Waals surface area contributed by atoms with E-state index in [9.17, 15) is 14.0 Å². The van der Waals surface area contributed by atoms with Gasteiger partial charge < -0.3 is 21.7 Å². The molecule has 134 valence electrons. The minimum absolute atomic E-state index is 0.189. The fraction of sp³-hybridized carbons (Fsp3) is 0.529. The maximum absolute atomic E-state index is 12.8. The summed E-state index contributed by atoms with van der Waals surface area (Å²) in [7, 11) is 0. The van der Waals surface area contributed by atoms with Gasteiger partial charge in [-0.15, -0.1) is 0 Å². The van der Waals surface area contributed by atoms with Crippen LogP contribution in [-0.2, 0) is 11.3 Å². The summed E-state index contributed by atoms with van der Waals surface area (Å²) in [6.07, 6.45) is 3.01. The fourth-order valence-electron chi connectivity index (χ4n) is 2.16. The predicted molar refractivity (Wildman–Crippen MR) is 91.8 cm³/mol. The van der Waals surface area contributed by atoms with E-state index in [0.29, 0.717) is 19.5 Å². The summed E-state index contributed by atoms with van der Waals surface area (Å²) < 4.78 is 12.8. The molecule has 0 radical (unpaired) electrons. The number of carbonyl (C=O) groups excluding carboxylic acids is 2. The highest BCUT2D eigenvalue weighted by molar-refractivity contribution is 5.86. The number of nitrogens with one attached hydrogen (secondary N) is 3. The van der Waals surface area contributed by atoms with Crippen molar-refractivity contribution in [1.82, 2.24) is 16.0 Å². The smallest absolute Gasteiger partial charge is 0.315 e. The summed E-state index contributed by atoms with van der Waals surface area (Å²) in [5, 5.41) is 8.16. The third kappa shape index (κ3) is 7.92. The first-order valence-corrected chi connectivity index (χ1v) is 8.33. The van der Waals surface area contributed by atoms with Crippen molar-refractivity contribution in [1.29, 1.82) is 0 Å². The van der Waals surface area contributed by atoms with Crippen LogP contribution in [0.5, 0.6) is 0 Å². The van der Waals surface area contributed by atoms with E-state index in [1.165, 1.54) is 12.1 Å². The standard InChI is InChI=1S/C17H27FN4O2/c1-2-5-15(16(23)20-11-4-3-10-19)22-17(24)21-12-13-6-8-14(18)9-7-13/h6-9,15H,2-5,10-12,19H2,1H3,(H,20,23)(H2,21,22,24). The first kappa shape index (κ1) is 19.9. The monoisotopic (exact) mass is 338 g/mol. The molecule has 0 fully saturated rings. The van der Waals surface area contributed by atoms with Gasteiger partial charge in [-0.25, -0.2) is 9.18 Å². The van der Waals surface area contributed by atoms with E-state index in [2.05, 4.69) is 16.0 Å². The first-order valence-electron chi connectivity index (χ1n) is 8.33. The average molecular weight is 338 g/mol. The Balaban J connectivity index is 2.40. The van der Waals surface area contributed by atoms with Crippen LogP contribution in [0.15, 0.2) is 24.3 Å². The van der Waals surface area contributed by atoms with Gasteiger partial charge in [0, 0.05) is 13.1 Å². The Morgan fingerprint density at radius 3 is 2.50 bits per heavy atom. The van der Waals surface area contributed by atoms with Crippen LogP contribution in [-0.4, -0.2) is 31.1 Å². The minimum atomic E-state index is -0.568. The van der Waals surface area contributed by atoms with Crippen LogP contribution in [0, 0.1) is 5.82 Å². The molecule has 0 saturated carbocycles. The zero-order chi connectivity index (χ0) is 17.8. The molecule has 1 atom stereocenters. The topological polar surface area (TPSA) is 96.2 Å². The van der Waals surface area contributed by atoms with Gasteiger partial charge in [0.25, 0.3) is 0 Å². The Hall–Kier alpha value is -2.15. The number of nitrogens with two attached hydrogens (primary N) is 1. The Bertz CT molecular complexity index is 508. The Labute approximate surface area is 142 Å². The van der Waals surface area contributed by atoms with E-state index < -0.39 is 12.1 Å². The van der Waals surface area contributed by atoms with E-state index >= 15 is 0 Å². The molecule has 0 saturated heterocycles. The molecule has 1 aromatic rings. The van der Waals surface area contributed by atoms with Crippen molar-refractivity contribution in [2.75, 3.05) is 13.1 Å². The molecule has 6 nitrogen and oxygen atoms in total. The summed E-state index contributed by atoms with van der Waals surface area (Å²) in [6.45, 7) is 3.36. The van der Waals surface area contributed by atoms with Crippen LogP contribution in [0.25, 0.3) is 0 Å². The minimum Gasteiger partial charge on any atom is -0.354 e. The van der Waals surface area contributed by atoms with E-state index in [1.54, 1.807) is 12.1 Å². The lowest BCUT2D eigenvalue weighted by Crippen LogP contribution is -2.50. The SMILES string of the molecule is CCCC(NC(=O)NCc1ccc(F)cc1)C(=O)NCCCCN. The number of rotatable bonds is 10. The van der Waals surface area contributed by atoms with Gasteiger partial charge in [-0.3, -0.25) is 4.79 Å². The van der Waals surface area contributed by atoms with Crippen LogP contribution in [0.2, 0.25) is 0 Å². The number of unbranched alkanes of at least 4 members (excludes halogenated alkanes) is 1. The molecule has 0 bridgehead atoms. The highest BCUT2D eigenvalue weighted by Crippen LogP contribution is 2.02. The number of halogens is 1. The second-order valence-corrected chi connectivity index (χ2v) is 5.58. The highest BCUT2D eigenvalue weighted by atomic mass is 19.1. The Kier molecular flexibility index (Phi) is 9.45. The number of amides is 3. The van der Waals surface area contributed by atoms with E-state index in [-0.39, 0.29) is 18.3 Å². The second kappa shape index (κ2) is 11.4. The van der Waals surface area contributed by atoms with Crippen molar-refractivity contribution in [3.63, 3.8) is 0 Å². The molecule has 1 rings (SSSR count). The Morgan fingerprint density at radius 2 is 1.88 bits per heavy atom. The van der Waals surface area contributed by atoms with Gasteiger partial charge in [-0.1, -0.05) is 25.5 Å². The lowest BCUT2D eigenvalue weighted by Gasteiger charge is -2.18. The zero-order valence-corrected chi connectivity index (χ0v) is 14.1. The molecule has 0 spiro atoms. The summed E-state index contributed by atoms with van der Waals surface area (Å²) in [5.41, 5.74) is 6.19. The number of carbonyl (C=O) groups is 2. The normalized spacial score (nSPS) is 11.6. The van der Waals surface area contributed by atoms with E-state index in [0.717, 1.165) is 24.8 Å². The molecule has 1 unspecified atom stereocenters. The van der Waals surface area contributed by atoms with Crippen molar-refractivity contribution in [2.24, 2.45) is 5.73 Å². The third-order valence-corrected chi connectivity index (χ3v) is 3.50. The highest BCUT2D eigenvalue weighted by Gasteiger charge is 2.19. The maximum Gasteiger partial charge on any atom is 0.315 e. The van der Waals surface area contributed by atoms with Crippen molar-refractivity contribution in [3.05, 3.63) is 35.6 Å². The molecule has 0 aliphatic carbocycles. The number of hydrogen-bond donors (Lipinski definition) is 4. The molecule has 1 aromatic carbocycles. The predicted octanol–water partition coefficient (Wildman–Crippen LogP) is 1.65. The molecule has 0 aliphatic rings. The van der Waals surface area contributed by atoms with E-state index in [4.69, 9.17) is 5.73 Å². The lowest BCUT2D eigenvalue weighted by molar-refractivity contribution is -0.123. The molecule has 0 aliphatic heterocycles. The molecular weight excluding hydrogens is 311 g/mol. The second-order valence-electron chi connectivity index (χ2n) is 5.58. The van der Waals surface area contributed by atoms with Gasteiger partial charge >= 0.3 is 6.03 Å². The van der Waals surface area contributed by atoms with Crippen molar-refractivity contribution in [2.45, 2.75) is 45.2 Å². The average Bonchev–Trinajstić information content (AvgIpc) is 2.57. The van der Waals surface area contributed by atoms with Crippen LogP contribution in [0.3, 0.4) is 0 Å². The Morgan fingerprint density at radius 1 is 1.17 bits per heavy atom. The molecule has 0 aromatic heterocycles. The van der Waals surface area contributed by atoms with Crippen molar-refractivity contribution in [3.8, 4) is 0 Å². The first-order chi connectivity index (χ1) is 11.6. The summed E-state index contributed by atoms with van der Waals surface area (Å²) in [6, 6.07) is 4.88. The van der Waals surface area contributed by atoms with Gasteiger partial charge in [0.2, 0.25) is 5.91 Å². The fourth-order valence-corrected chi connectivity index (χ4v) is 2.16. The lowest BCUT2D eigenvalue weighted by atomic mass is 10.1. The van der Waals surface area contributed by atoms with Crippen molar-refractivity contribution < 1.29 is 14.0 Å². The summed E-state index contributed by atoms with van der Waals surface area (Å²) >= 11 is 0. The quantitative estimate of drug-likeness (QED) is 0.488. The van der Waals surface area contributed by atoms with Gasteiger partial charge in [-0.2, -0.15) is 0 Å². The van der Waals surface area contributed by atoms with Crippen LogP contribution < -0.4 is 21.7 Å². The molecule has 24 heavy (non-hydrogen) atoms. The largest absolute Gasteiger partial charge is 0.354 e. The van der Waals surface area contributed by atoms with E-state index in [1.807, 2.05) is 6.92 Å². The van der Waals surface area contributed by atoms with Crippen LogP contribution >= 0.6 is 0 Å². The molecule has 7 heteroatoms. The summed E-state index contributed by atoms with van der Waals surface area (Å²) in [4.78, 5) is 24.1. The van der Waals surface area contributed by atoms with Gasteiger partial charge in [0.05, 0.1) is 0 Å². The van der Waals surface area contributed by atoms with Gasteiger partial charge in [0.1, 0.15) is 11.9 Å². The van der Waals surface area contributed by atoms with Crippen LogP contribution in [0.4, 0.5) is 9.18 Å². The van der Waals surface area contributed by atoms with Gasteiger partial charge in [0.15, 0.2) is 0 Å². The zero-order valence-electron chi connectivity index (χ0n) is 14.1. The number of urea groups is 1.